The molecule has 6 nitrogen and oxygen atoms in total. The molecule has 0 aliphatic carbocycles. The minimum absolute atomic E-state index is 0.444. The highest BCUT2D eigenvalue weighted by atomic mass is 15.3. The van der Waals surface area contributed by atoms with E-state index in [9.17, 15) is 0 Å². The Morgan fingerprint density at radius 2 is 2.18 bits per heavy atom. The van der Waals surface area contributed by atoms with Gasteiger partial charge in [0.1, 0.15) is 5.82 Å². The van der Waals surface area contributed by atoms with Crippen molar-refractivity contribution in [1.29, 1.82) is 0 Å². The van der Waals surface area contributed by atoms with Gasteiger partial charge in [0.25, 0.3) is 0 Å². The van der Waals surface area contributed by atoms with E-state index in [0.717, 1.165) is 24.5 Å². The summed E-state index contributed by atoms with van der Waals surface area (Å²) in [5, 5.41) is 3.33. The van der Waals surface area contributed by atoms with Crippen LogP contribution in [-0.2, 0) is 0 Å². The van der Waals surface area contributed by atoms with Crippen molar-refractivity contribution in [2.24, 2.45) is 5.84 Å². The zero-order valence-electron chi connectivity index (χ0n) is 10.2. The highest BCUT2D eigenvalue weighted by molar-refractivity contribution is 5.45. The number of aryl methyl sites for hydroxylation is 1. The van der Waals surface area contributed by atoms with Gasteiger partial charge in [-0.15, -0.1) is 0 Å². The fourth-order valence-electron chi connectivity index (χ4n) is 2.03. The van der Waals surface area contributed by atoms with Crippen LogP contribution in [0, 0.1) is 6.92 Å². The van der Waals surface area contributed by atoms with E-state index in [1.807, 2.05) is 6.92 Å². The second kappa shape index (κ2) is 5.79. The third-order valence-corrected chi connectivity index (χ3v) is 3.02. The summed E-state index contributed by atoms with van der Waals surface area (Å²) in [7, 11) is 0. The van der Waals surface area contributed by atoms with Crippen molar-refractivity contribution in [2.75, 3.05) is 36.9 Å². The minimum Gasteiger partial charge on any atom is -0.368 e. The first-order valence-electron chi connectivity index (χ1n) is 6.06. The molecule has 0 unspecified atom stereocenters. The van der Waals surface area contributed by atoms with Crippen LogP contribution >= 0.6 is 0 Å². The Balaban J connectivity index is 1.84. The Morgan fingerprint density at radius 1 is 1.41 bits per heavy atom. The van der Waals surface area contributed by atoms with Crippen LogP contribution in [0.4, 0.5) is 11.8 Å². The van der Waals surface area contributed by atoms with Gasteiger partial charge in [-0.25, -0.2) is 10.8 Å². The highest BCUT2D eigenvalue weighted by Gasteiger charge is 2.10. The van der Waals surface area contributed by atoms with Crippen LogP contribution in [-0.4, -0.2) is 41.0 Å². The summed E-state index contributed by atoms with van der Waals surface area (Å²) in [4.78, 5) is 10.8. The summed E-state index contributed by atoms with van der Waals surface area (Å²) in [6, 6.07) is 0. The lowest BCUT2D eigenvalue weighted by Crippen LogP contribution is -2.26. The predicted octanol–water partition coefficient (Wildman–Crippen LogP) is 0.578. The fourth-order valence-corrected chi connectivity index (χ4v) is 2.03. The summed E-state index contributed by atoms with van der Waals surface area (Å²) >= 11 is 0. The van der Waals surface area contributed by atoms with Gasteiger partial charge in [0.05, 0.1) is 0 Å². The summed E-state index contributed by atoms with van der Waals surface area (Å²) in [5.74, 6) is 6.58. The van der Waals surface area contributed by atoms with E-state index in [-0.39, 0.29) is 0 Å². The van der Waals surface area contributed by atoms with Crippen molar-refractivity contribution in [2.45, 2.75) is 19.8 Å². The third-order valence-electron chi connectivity index (χ3n) is 3.02. The van der Waals surface area contributed by atoms with Crippen LogP contribution in [0.2, 0.25) is 0 Å². The average Bonchev–Trinajstić information content (AvgIpc) is 2.84. The second-order valence-corrected chi connectivity index (χ2v) is 4.35. The number of nitrogen functional groups attached to an aromatic ring is 1. The molecule has 1 aromatic rings. The maximum absolute atomic E-state index is 5.29. The number of nitrogens with one attached hydrogen (secondary N) is 2. The van der Waals surface area contributed by atoms with Gasteiger partial charge in [-0.2, -0.15) is 4.98 Å². The van der Waals surface area contributed by atoms with Crippen molar-refractivity contribution < 1.29 is 0 Å². The monoisotopic (exact) mass is 236 g/mol. The Labute approximate surface area is 102 Å². The molecule has 1 saturated heterocycles. The first-order valence-corrected chi connectivity index (χ1v) is 6.06. The van der Waals surface area contributed by atoms with E-state index in [4.69, 9.17) is 5.84 Å². The van der Waals surface area contributed by atoms with E-state index in [1.54, 1.807) is 6.20 Å². The van der Waals surface area contributed by atoms with Gasteiger partial charge in [0.15, 0.2) is 0 Å². The van der Waals surface area contributed by atoms with E-state index >= 15 is 0 Å². The Bertz CT molecular complexity index is 361. The molecule has 0 aromatic carbocycles. The Morgan fingerprint density at radius 3 is 2.88 bits per heavy atom. The molecular formula is C11H20N6. The van der Waals surface area contributed by atoms with Crippen LogP contribution in [0.3, 0.4) is 0 Å². The van der Waals surface area contributed by atoms with Crippen molar-refractivity contribution in [1.82, 2.24) is 14.9 Å². The molecule has 0 bridgehead atoms. The average molecular weight is 236 g/mol. The molecular weight excluding hydrogens is 216 g/mol. The molecule has 0 saturated carbocycles. The molecule has 1 fully saturated rings. The molecule has 94 valence electrons. The SMILES string of the molecule is Cc1cnc(NN)nc1NCCN1CCCC1. The molecule has 0 amide bonds. The molecule has 2 heterocycles. The van der Waals surface area contributed by atoms with Gasteiger partial charge in [-0.3, -0.25) is 5.43 Å². The lowest BCUT2D eigenvalue weighted by molar-refractivity contribution is 0.352. The minimum atomic E-state index is 0.444. The third kappa shape index (κ3) is 3.28. The van der Waals surface area contributed by atoms with Gasteiger partial charge < -0.3 is 10.2 Å². The summed E-state index contributed by atoms with van der Waals surface area (Å²) in [6.07, 6.45) is 4.42. The molecule has 6 heteroatoms. The van der Waals surface area contributed by atoms with Gasteiger partial charge in [0, 0.05) is 24.8 Å². The molecule has 1 aromatic heterocycles. The zero-order valence-corrected chi connectivity index (χ0v) is 10.2. The molecule has 0 spiro atoms. The van der Waals surface area contributed by atoms with E-state index in [1.165, 1.54) is 25.9 Å². The largest absolute Gasteiger partial charge is 0.368 e. The van der Waals surface area contributed by atoms with Crippen LogP contribution in [0.15, 0.2) is 6.20 Å². The number of hydrogen-bond acceptors (Lipinski definition) is 6. The smallest absolute Gasteiger partial charge is 0.239 e. The summed E-state index contributed by atoms with van der Waals surface area (Å²) < 4.78 is 0. The molecule has 1 aliphatic rings. The standard InChI is InChI=1S/C11H20N6/c1-9-8-14-11(16-12)15-10(9)13-4-7-17-5-2-3-6-17/h8H,2-7,12H2,1H3,(H2,13,14,15,16). The molecule has 0 atom stereocenters. The number of hydrogen-bond donors (Lipinski definition) is 3. The summed E-state index contributed by atoms with van der Waals surface area (Å²) in [6.45, 7) is 6.40. The number of aromatic nitrogens is 2. The van der Waals surface area contributed by atoms with E-state index < -0.39 is 0 Å². The van der Waals surface area contributed by atoms with Crippen molar-refractivity contribution in [3.8, 4) is 0 Å². The van der Waals surface area contributed by atoms with Gasteiger partial charge in [-0.1, -0.05) is 0 Å². The first-order chi connectivity index (χ1) is 8.29. The summed E-state index contributed by atoms with van der Waals surface area (Å²) in [5.41, 5.74) is 3.49. The predicted molar refractivity (Wildman–Crippen MR) is 68.7 cm³/mol. The van der Waals surface area contributed by atoms with Crippen molar-refractivity contribution in [3.05, 3.63) is 11.8 Å². The second-order valence-electron chi connectivity index (χ2n) is 4.35. The molecule has 1 aliphatic heterocycles. The van der Waals surface area contributed by atoms with Crippen LogP contribution < -0.4 is 16.6 Å². The maximum Gasteiger partial charge on any atom is 0.239 e. The Kier molecular flexibility index (Phi) is 4.11. The molecule has 4 N–H and O–H groups in total. The topological polar surface area (TPSA) is 79.1 Å². The van der Waals surface area contributed by atoms with Crippen LogP contribution in [0.1, 0.15) is 18.4 Å². The number of nitrogens with two attached hydrogens (primary N) is 1. The van der Waals surface area contributed by atoms with Gasteiger partial charge in [-0.05, 0) is 32.9 Å². The Hall–Kier alpha value is -1.40. The quantitative estimate of drug-likeness (QED) is 0.512. The van der Waals surface area contributed by atoms with E-state index in [2.05, 4.69) is 25.6 Å². The first kappa shape index (κ1) is 12.1. The number of rotatable bonds is 5. The van der Waals surface area contributed by atoms with Gasteiger partial charge >= 0.3 is 0 Å². The van der Waals surface area contributed by atoms with Crippen LogP contribution in [0.25, 0.3) is 0 Å². The normalized spacial score (nSPS) is 16.1. The zero-order chi connectivity index (χ0) is 12.1. The van der Waals surface area contributed by atoms with Gasteiger partial charge in [0.2, 0.25) is 5.95 Å². The lowest BCUT2D eigenvalue weighted by atomic mass is 10.3. The van der Waals surface area contributed by atoms with Crippen molar-refractivity contribution in [3.63, 3.8) is 0 Å². The maximum atomic E-state index is 5.29. The highest BCUT2D eigenvalue weighted by Crippen LogP contribution is 2.12. The number of nitrogens with zero attached hydrogens (tertiary/aromatic N) is 3. The van der Waals surface area contributed by atoms with Crippen molar-refractivity contribution >= 4 is 11.8 Å². The lowest BCUT2D eigenvalue weighted by Gasteiger charge is -2.15. The molecule has 17 heavy (non-hydrogen) atoms. The van der Waals surface area contributed by atoms with Crippen LogP contribution in [0.5, 0.6) is 0 Å². The number of hydrazine groups is 1. The number of likely N-dealkylation sites (tertiary alicyclic amines) is 1. The molecule has 2 rings (SSSR count). The van der Waals surface area contributed by atoms with E-state index in [0.29, 0.717) is 5.95 Å². The fraction of sp³-hybridized carbons (Fsp3) is 0.636. The molecule has 0 radical (unpaired) electrons. The number of anilines is 2.